The summed E-state index contributed by atoms with van der Waals surface area (Å²) in [6.07, 6.45) is 13.2. The molecular formula is C18H37NO4. The topological polar surface area (TPSA) is 59.0 Å². The molecule has 1 unspecified atom stereocenters. The molecule has 0 radical (unpaired) electrons. The van der Waals surface area contributed by atoms with Crippen LogP contribution >= 0.6 is 0 Å². The molecule has 1 N–H and O–H groups in total. The number of carbonyl (C=O) groups is 1. The first-order valence-corrected chi connectivity index (χ1v) is 9.27. The zero-order chi connectivity index (χ0) is 17.3. The maximum absolute atomic E-state index is 11.3. The number of unbranched alkanes of at least 4 members (excludes halogenated alkanes) is 8. The summed E-state index contributed by atoms with van der Waals surface area (Å²) in [5.74, 6) is -0.858. The summed E-state index contributed by atoms with van der Waals surface area (Å²) in [6.45, 7) is 2.73. The van der Waals surface area contributed by atoms with Crippen molar-refractivity contribution in [3.8, 4) is 0 Å². The second-order valence-electron chi connectivity index (χ2n) is 6.50. The van der Waals surface area contributed by atoms with Crippen molar-refractivity contribution in [2.24, 2.45) is 5.92 Å². The highest BCUT2D eigenvalue weighted by molar-refractivity contribution is 5.69. The Kier molecular flexibility index (Phi) is 15.8. The summed E-state index contributed by atoms with van der Waals surface area (Å²) in [5, 5.41) is 10.8. The molecule has 0 heterocycles. The van der Waals surface area contributed by atoms with Gasteiger partial charge in [-0.2, -0.15) is 5.06 Å². The molecule has 5 nitrogen and oxygen atoms in total. The van der Waals surface area contributed by atoms with Gasteiger partial charge in [-0.1, -0.05) is 64.7 Å². The summed E-state index contributed by atoms with van der Waals surface area (Å²) >= 11 is 0. The monoisotopic (exact) mass is 331 g/mol. The fourth-order valence-electron chi connectivity index (χ4n) is 2.61. The van der Waals surface area contributed by atoms with E-state index in [0.717, 1.165) is 38.5 Å². The minimum absolute atomic E-state index is 0.204. The molecule has 0 amide bonds. The summed E-state index contributed by atoms with van der Waals surface area (Å²) in [5.41, 5.74) is 0. The van der Waals surface area contributed by atoms with E-state index in [0.29, 0.717) is 6.61 Å². The van der Waals surface area contributed by atoms with Gasteiger partial charge in [0.05, 0.1) is 12.5 Å². The summed E-state index contributed by atoms with van der Waals surface area (Å²) in [4.78, 5) is 21.1. The molecule has 5 heteroatoms. The Morgan fingerprint density at radius 2 is 1.43 bits per heavy atom. The molecule has 0 saturated heterocycles. The van der Waals surface area contributed by atoms with E-state index in [4.69, 9.17) is 9.88 Å². The van der Waals surface area contributed by atoms with Gasteiger partial charge in [-0.05, 0) is 19.3 Å². The summed E-state index contributed by atoms with van der Waals surface area (Å²) in [6, 6.07) is 0. The van der Waals surface area contributed by atoms with Crippen LogP contribution in [0.15, 0.2) is 0 Å². The molecule has 0 aliphatic rings. The maximum Gasteiger partial charge on any atom is 0.306 e. The minimum Gasteiger partial charge on any atom is -0.481 e. The molecule has 0 aromatic heterocycles. The molecular weight excluding hydrogens is 294 g/mol. The van der Waals surface area contributed by atoms with Crippen molar-refractivity contribution in [1.29, 1.82) is 0 Å². The highest BCUT2D eigenvalue weighted by Gasteiger charge is 2.16. The molecule has 0 aromatic rings. The van der Waals surface area contributed by atoms with Crippen LogP contribution in [0.25, 0.3) is 0 Å². The SMILES string of the molecule is CCCCCCCCCCC(CCCCOON(C)C)C(=O)O. The molecule has 0 aromatic carbocycles. The average Bonchev–Trinajstić information content (AvgIpc) is 2.50. The first kappa shape index (κ1) is 22.4. The molecule has 0 saturated carbocycles. The lowest BCUT2D eigenvalue weighted by Crippen LogP contribution is -2.15. The second kappa shape index (κ2) is 16.2. The van der Waals surface area contributed by atoms with Crippen molar-refractivity contribution in [3.63, 3.8) is 0 Å². The number of carboxylic acid groups (broad SMARTS) is 1. The maximum atomic E-state index is 11.3. The van der Waals surface area contributed by atoms with Crippen molar-refractivity contribution >= 4 is 5.97 Å². The van der Waals surface area contributed by atoms with Gasteiger partial charge >= 0.3 is 5.97 Å². The van der Waals surface area contributed by atoms with Gasteiger partial charge < -0.3 is 5.11 Å². The van der Waals surface area contributed by atoms with E-state index in [9.17, 15) is 9.90 Å². The summed E-state index contributed by atoms with van der Waals surface area (Å²) < 4.78 is 0. The molecule has 0 rings (SSSR count). The van der Waals surface area contributed by atoms with Crippen LogP contribution in [0, 0.1) is 5.92 Å². The minimum atomic E-state index is -0.654. The van der Waals surface area contributed by atoms with Gasteiger partial charge in [0, 0.05) is 14.1 Å². The predicted octanol–water partition coefficient (Wildman–Crippen LogP) is 4.81. The van der Waals surface area contributed by atoms with Crippen LogP contribution in [-0.4, -0.2) is 36.8 Å². The third-order valence-electron chi connectivity index (χ3n) is 3.99. The van der Waals surface area contributed by atoms with Gasteiger partial charge in [0.1, 0.15) is 0 Å². The number of carboxylic acids is 1. The lowest BCUT2D eigenvalue weighted by Gasteiger charge is -2.12. The van der Waals surface area contributed by atoms with Crippen LogP contribution in [0.4, 0.5) is 0 Å². The molecule has 0 bridgehead atoms. The molecule has 23 heavy (non-hydrogen) atoms. The van der Waals surface area contributed by atoms with Gasteiger partial charge in [0.25, 0.3) is 0 Å². The van der Waals surface area contributed by atoms with Gasteiger partial charge in [-0.25, -0.2) is 4.89 Å². The van der Waals surface area contributed by atoms with Gasteiger partial charge in [0.2, 0.25) is 0 Å². The summed E-state index contributed by atoms with van der Waals surface area (Å²) in [7, 11) is 3.51. The Bertz CT molecular complexity index is 272. The Labute approximate surface area is 142 Å². The highest BCUT2D eigenvalue weighted by atomic mass is 17.3. The van der Waals surface area contributed by atoms with Crippen LogP contribution < -0.4 is 0 Å². The third-order valence-corrected chi connectivity index (χ3v) is 3.99. The largest absolute Gasteiger partial charge is 0.481 e. The molecule has 0 fully saturated rings. The first-order chi connectivity index (χ1) is 11.1. The Morgan fingerprint density at radius 1 is 0.913 bits per heavy atom. The van der Waals surface area contributed by atoms with Crippen molar-refractivity contribution in [2.45, 2.75) is 84.0 Å². The number of rotatable bonds is 17. The number of hydrogen-bond acceptors (Lipinski definition) is 4. The van der Waals surface area contributed by atoms with Gasteiger partial charge in [0.15, 0.2) is 0 Å². The van der Waals surface area contributed by atoms with E-state index in [1.807, 2.05) is 0 Å². The van der Waals surface area contributed by atoms with E-state index in [2.05, 4.69) is 6.92 Å². The zero-order valence-corrected chi connectivity index (χ0v) is 15.4. The van der Waals surface area contributed by atoms with E-state index < -0.39 is 5.97 Å². The quantitative estimate of drug-likeness (QED) is 0.235. The molecule has 0 aliphatic carbocycles. The van der Waals surface area contributed by atoms with Crippen LogP contribution in [-0.2, 0) is 14.7 Å². The Morgan fingerprint density at radius 3 is 1.96 bits per heavy atom. The zero-order valence-electron chi connectivity index (χ0n) is 15.4. The van der Waals surface area contributed by atoms with E-state index >= 15 is 0 Å². The predicted molar refractivity (Wildman–Crippen MR) is 92.9 cm³/mol. The normalized spacial score (nSPS) is 12.7. The molecule has 0 aliphatic heterocycles. The molecule has 0 spiro atoms. The lowest BCUT2D eigenvalue weighted by molar-refractivity contribution is -0.412. The van der Waals surface area contributed by atoms with Crippen LogP contribution in [0.3, 0.4) is 0 Å². The molecule has 138 valence electrons. The highest BCUT2D eigenvalue weighted by Crippen LogP contribution is 2.18. The number of aliphatic carboxylic acids is 1. The van der Waals surface area contributed by atoms with Crippen LogP contribution in [0.2, 0.25) is 0 Å². The van der Waals surface area contributed by atoms with Gasteiger partial charge in [-0.15, -0.1) is 4.99 Å². The van der Waals surface area contributed by atoms with Crippen molar-refractivity contribution in [2.75, 3.05) is 20.7 Å². The van der Waals surface area contributed by atoms with E-state index in [1.165, 1.54) is 43.6 Å². The van der Waals surface area contributed by atoms with Crippen LogP contribution in [0.1, 0.15) is 84.0 Å². The van der Waals surface area contributed by atoms with Crippen molar-refractivity contribution in [1.82, 2.24) is 5.06 Å². The number of hydrogen-bond donors (Lipinski definition) is 1. The molecule has 1 atom stereocenters. The number of nitrogens with zero attached hydrogens (tertiary/aromatic N) is 1. The Balaban J connectivity index is 3.53. The average molecular weight is 331 g/mol. The van der Waals surface area contributed by atoms with Crippen molar-refractivity contribution in [3.05, 3.63) is 0 Å². The first-order valence-electron chi connectivity index (χ1n) is 9.27. The van der Waals surface area contributed by atoms with Gasteiger partial charge in [-0.3, -0.25) is 4.79 Å². The van der Waals surface area contributed by atoms with E-state index in [1.54, 1.807) is 14.1 Å². The fraction of sp³-hybridized carbons (Fsp3) is 0.944. The Hall–Kier alpha value is -0.650. The van der Waals surface area contributed by atoms with E-state index in [-0.39, 0.29) is 5.92 Å². The second-order valence-corrected chi connectivity index (χ2v) is 6.50. The standard InChI is InChI=1S/C18H37NO4/c1-4-5-6-7-8-9-10-11-14-17(18(20)21)15-12-13-16-22-23-19(2)3/h17H,4-16H2,1-3H3,(H,20,21). The lowest BCUT2D eigenvalue weighted by atomic mass is 9.95. The van der Waals surface area contributed by atoms with Crippen LogP contribution in [0.5, 0.6) is 0 Å². The third kappa shape index (κ3) is 16.0. The number of hydroxylamine groups is 2. The smallest absolute Gasteiger partial charge is 0.306 e. The fourth-order valence-corrected chi connectivity index (χ4v) is 2.61. The van der Waals surface area contributed by atoms with Crippen molar-refractivity contribution < 1.29 is 19.8 Å².